The van der Waals surface area contributed by atoms with Crippen LogP contribution in [0, 0.1) is 10.1 Å². The summed E-state index contributed by atoms with van der Waals surface area (Å²) >= 11 is 4.72. The Morgan fingerprint density at radius 3 is 2.58 bits per heavy atom. The zero-order valence-electron chi connectivity index (χ0n) is 24.9. The van der Waals surface area contributed by atoms with Crippen molar-refractivity contribution in [1.82, 2.24) is 4.57 Å². The van der Waals surface area contributed by atoms with E-state index in [0.717, 1.165) is 11.3 Å². The normalized spacial score (nSPS) is 14.5. The maximum Gasteiger partial charge on any atom is 0.338 e. The van der Waals surface area contributed by atoms with Gasteiger partial charge in [-0.25, -0.2) is 9.79 Å². The van der Waals surface area contributed by atoms with E-state index in [2.05, 4.69) is 20.9 Å². The van der Waals surface area contributed by atoms with Crippen LogP contribution in [0.3, 0.4) is 0 Å². The lowest BCUT2D eigenvalue weighted by Crippen LogP contribution is -2.40. The molecule has 0 saturated carbocycles. The van der Waals surface area contributed by atoms with Gasteiger partial charge in [-0.2, -0.15) is 0 Å². The number of rotatable bonds is 10. The highest BCUT2D eigenvalue weighted by molar-refractivity contribution is 9.10. The fourth-order valence-corrected chi connectivity index (χ4v) is 6.54. The summed E-state index contributed by atoms with van der Waals surface area (Å²) in [5.74, 6) is 1.18. The van der Waals surface area contributed by atoms with E-state index in [1.807, 2.05) is 6.92 Å². The molecule has 0 saturated heterocycles. The molecule has 4 aromatic rings. The van der Waals surface area contributed by atoms with Gasteiger partial charge in [0.25, 0.3) is 11.2 Å². The molecule has 2 aromatic heterocycles. The van der Waals surface area contributed by atoms with E-state index in [0.29, 0.717) is 50.2 Å². The van der Waals surface area contributed by atoms with Crippen molar-refractivity contribution >= 4 is 45.0 Å². The molecule has 45 heavy (non-hydrogen) atoms. The number of fused-ring (bicyclic) bond motifs is 1. The van der Waals surface area contributed by atoms with Crippen LogP contribution in [0.15, 0.2) is 72.4 Å². The van der Waals surface area contributed by atoms with Crippen molar-refractivity contribution < 1.29 is 33.1 Å². The van der Waals surface area contributed by atoms with Gasteiger partial charge in [0.1, 0.15) is 17.3 Å². The minimum Gasteiger partial charge on any atom is -0.497 e. The van der Waals surface area contributed by atoms with Gasteiger partial charge in [-0.05, 0) is 62.7 Å². The van der Waals surface area contributed by atoms with Crippen molar-refractivity contribution in [1.29, 1.82) is 0 Å². The van der Waals surface area contributed by atoms with Crippen LogP contribution in [-0.4, -0.2) is 42.9 Å². The lowest BCUT2D eigenvalue weighted by molar-refractivity contribution is -0.384. The van der Waals surface area contributed by atoms with E-state index in [1.165, 1.54) is 37.0 Å². The van der Waals surface area contributed by atoms with Gasteiger partial charge in [-0.1, -0.05) is 27.3 Å². The lowest BCUT2D eigenvalue weighted by Gasteiger charge is -2.26. The van der Waals surface area contributed by atoms with Gasteiger partial charge in [0.05, 0.1) is 65.8 Å². The van der Waals surface area contributed by atoms with Crippen LogP contribution >= 0.6 is 27.3 Å². The van der Waals surface area contributed by atoms with Crippen molar-refractivity contribution in [3.05, 3.63) is 99.3 Å². The Morgan fingerprint density at radius 1 is 1.13 bits per heavy atom. The number of hydrogen-bond acceptors (Lipinski definition) is 11. The van der Waals surface area contributed by atoms with Crippen LogP contribution in [0.5, 0.6) is 17.2 Å². The second-order valence-electron chi connectivity index (χ2n) is 9.60. The summed E-state index contributed by atoms with van der Waals surface area (Å²) in [6.45, 7) is 5.78. The predicted molar refractivity (Wildman–Crippen MR) is 170 cm³/mol. The fraction of sp³-hybridized carbons (Fsp3) is 0.258. The number of carbonyl (C=O) groups is 1. The predicted octanol–water partition coefficient (Wildman–Crippen LogP) is 5.14. The van der Waals surface area contributed by atoms with Crippen LogP contribution < -0.4 is 29.1 Å². The van der Waals surface area contributed by atoms with Crippen molar-refractivity contribution in [2.45, 2.75) is 26.8 Å². The van der Waals surface area contributed by atoms with Crippen molar-refractivity contribution in [3.8, 4) is 28.6 Å². The first-order valence-electron chi connectivity index (χ1n) is 13.7. The molecule has 1 aliphatic heterocycles. The van der Waals surface area contributed by atoms with Crippen molar-refractivity contribution in [2.75, 3.05) is 27.4 Å². The van der Waals surface area contributed by atoms with Crippen LogP contribution in [0.4, 0.5) is 5.69 Å². The van der Waals surface area contributed by atoms with E-state index in [4.69, 9.17) is 23.4 Å². The van der Waals surface area contributed by atoms with Gasteiger partial charge in [0.15, 0.2) is 16.3 Å². The molecule has 0 radical (unpaired) electrons. The van der Waals surface area contributed by atoms with Gasteiger partial charge in [-0.3, -0.25) is 19.5 Å². The number of hydrogen-bond donors (Lipinski definition) is 0. The standard InChI is InChI=1S/C31H28BrN3O9S/c1-6-42-25-15-21(32)20(14-24(25)41-5)28-27(30(37)43-7-2)16(3)33-31-34(28)29(36)26(45-31)13-18-9-11-23(44-18)19-10-8-17(40-4)12-22(19)35(38)39/h8-15,28H,6-7H2,1-5H3/b26-13+/t28-/m1/s1. The number of halogens is 1. The number of nitro benzene ring substituents is 1. The second kappa shape index (κ2) is 13.1. The Kier molecular flexibility index (Phi) is 9.25. The highest BCUT2D eigenvalue weighted by Crippen LogP contribution is 2.41. The number of furan rings is 1. The van der Waals surface area contributed by atoms with Gasteiger partial charge >= 0.3 is 5.97 Å². The molecule has 0 aliphatic carbocycles. The zero-order chi connectivity index (χ0) is 32.4. The van der Waals surface area contributed by atoms with E-state index < -0.39 is 22.5 Å². The molecule has 12 nitrogen and oxygen atoms in total. The third kappa shape index (κ3) is 6.02. The first-order valence-corrected chi connectivity index (χ1v) is 15.3. The summed E-state index contributed by atoms with van der Waals surface area (Å²) in [6, 6.07) is 10.2. The fourth-order valence-electron chi connectivity index (χ4n) is 4.98. The summed E-state index contributed by atoms with van der Waals surface area (Å²) in [7, 11) is 2.93. The Hall–Kier alpha value is -4.69. The van der Waals surface area contributed by atoms with Gasteiger partial charge in [-0.15, -0.1) is 0 Å². The van der Waals surface area contributed by atoms with Crippen LogP contribution in [-0.2, 0) is 9.53 Å². The van der Waals surface area contributed by atoms with Gasteiger partial charge in [0, 0.05) is 10.5 Å². The maximum atomic E-state index is 14.1. The number of nitrogens with zero attached hydrogens (tertiary/aromatic N) is 3. The number of benzene rings is 2. The number of ether oxygens (including phenoxy) is 4. The van der Waals surface area contributed by atoms with E-state index in [-0.39, 0.29) is 33.7 Å². The zero-order valence-corrected chi connectivity index (χ0v) is 27.3. The molecule has 0 amide bonds. The molecule has 1 aliphatic rings. The number of thiazole rings is 1. The molecule has 5 rings (SSSR count). The van der Waals surface area contributed by atoms with Crippen LogP contribution in [0.2, 0.25) is 0 Å². The molecule has 0 fully saturated rings. The SMILES string of the molecule is CCOC(=O)C1=C(C)N=c2s/c(=C/c3ccc(-c4ccc(OC)cc4[N+](=O)[O-])o3)c(=O)n2[C@@H]1c1cc(OC)c(OCC)cc1Br. The number of aromatic nitrogens is 1. The van der Waals surface area contributed by atoms with E-state index in [1.54, 1.807) is 44.2 Å². The Bertz CT molecular complexity index is 2030. The summed E-state index contributed by atoms with van der Waals surface area (Å²) in [6.07, 6.45) is 1.54. The first kappa shape index (κ1) is 31.7. The highest BCUT2D eigenvalue weighted by atomic mass is 79.9. The van der Waals surface area contributed by atoms with Crippen LogP contribution in [0.1, 0.15) is 38.1 Å². The van der Waals surface area contributed by atoms with Crippen molar-refractivity contribution in [3.63, 3.8) is 0 Å². The average Bonchev–Trinajstić information content (AvgIpc) is 3.60. The number of methoxy groups -OCH3 is 2. The molecule has 1 atom stereocenters. The van der Waals surface area contributed by atoms with E-state index >= 15 is 0 Å². The molecule has 234 valence electrons. The number of esters is 1. The largest absolute Gasteiger partial charge is 0.497 e. The molecule has 3 heterocycles. The summed E-state index contributed by atoms with van der Waals surface area (Å²) in [4.78, 5) is 43.5. The average molecular weight is 699 g/mol. The number of nitro groups is 1. The molecule has 0 bridgehead atoms. The molecule has 0 spiro atoms. The molecule has 14 heteroatoms. The molecular weight excluding hydrogens is 670 g/mol. The Morgan fingerprint density at radius 2 is 1.91 bits per heavy atom. The Balaban J connectivity index is 1.67. The first-order chi connectivity index (χ1) is 21.6. The third-order valence-electron chi connectivity index (χ3n) is 6.96. The summed E-state index contributed by atoms with van der Waals surface area (Å²) in [5.41, 5.74) is 0.811. The minimum atomic E-state index is -0.907. The molecule has 0 N–H and O–H groups in total. The second-order valence-corrected chi connectivity index (χ2v) is 11.5. The summed E-state index contributed by atoms with van der Waals surface area (Å²) in [5, 5.41) is 11.7. The van der Waals surface area contributed by atoms with Gasteiger partial charge in [0.2, 0.25) is 0 Å². The van der Waals surface area contributed by atoms with Crippen LogP contribution in [0.25, 0.3) is 17.4 Å². The smallest absolute Gasteiger partial charge is 0.338 e. The van der Waals surface area contributed by atoms with Gasteiger partial charge < -0.3 is 23.4 Å². The third-order valence-corrected chi connectivity index (χ3v) is 8.63. The Labute approximate surface area is 269 Å². The maximum absolute atomic E-state index is 14.1. The minimum absolute atomic E-state index is 0.133. The number of allylic oxidation sites excluding steroid dienone is 1. The molecule has 2 aromatic carbocycles. The van der Waals surface area contributed by atoms with E-state index in [9.17, 15) is 19.7 Å². The highest BCUT2D eigenvalue weighted by Gasteiger charge is 2.35. The molecule has 0 unspecified atom stereocenters. The monoisotopic (exact) mass is 697 g/mol. The summed E-state index contributed by atoms with van der Waals surface area (Å²) < 4.78 is 30.0. The number of carbonyl (C=O) groups excluding carboxylic acids is 1. The molecular formula is C31H28BrN3O9S. The topological polar surface area (TPSA) is 145 Å². The quantitative estimate of drug-likeness (QED) is 0.125. The lowest BCUT2D eigenvalue weighted by atomic mass is 9.95. The van der Waals surface area contributed by atoms with Crippen molar-refractivity contribution in [2.24, 2.45) is 4.99 Å².